The molecule has 0 fully saturated rings. The Labute approximate surface area is 206 Å². The standard InChI is InChI=1S/C25H24N8O3/c1-16(2)25-29-23(31-36-25)15-35-20-12-26-24(27-13-20)18-6-4-5-17(9-18)10-21-22(34)7-8-33(30-21)19-11-28-32(3)14-19/h4-9,11-14,16H,10,15H2,1-3H3. The van der Waals surface area contributed by atoms with E-state index in [4.69, 9.17) is 9.26 Å². The van der Waals surface area contributed by atoms with E-state index in [0.29, 0.717) is 35.4 Å². The van der Waals surface area contributed by atoms with Gasteiger partial charge in [-0.15, -0.1) is 0 Å². The van der Waals surface area contributed by atoms with Crippen molar-refractivity contribution in [3.8, 4) is 22.8 Å². The van der Waals surface area contributed by atoms with E-state index in [0.717, 1.165) is 16.8 Å². The van der Waals surface area contributed by atoms with Crippen molar-refractivity contribution in [3.05, 3.63) is 94.5 Å². The third kappa shape index (κ3) is 5.19. The molecule has 0 aliphatic rings. The molecule has 1 aromatic carbocycles. The molecule has 11 heteroatoms. The van der Waals surface area contributed by atoms with E-state index in [2.05, 4.69) is 30.3 Å². The molecule has 0 amide bonds. The molecule has 11 nitrogen and oxygen atoms in total. The Morgan fingerprint density at radius 1 is 1.11 bits per heavy atom. The Kier molecular flexibility index (Phi) is 6.35. The van der Waals surface area contributed by atoms with E-state index >= 15 is 0 Å². The average molecular weight is 485 g/mol. The average Bonchev–Trinajstić information content (AvgIpc) is 3.54. The number of nitrogens with zero attached hydrogens (tertiary/aromatic N) is 8. The Bertz CT molecular complexity index is 1540. The molecule has 0 aliphatic carbocycles. The van der Waals surface area contributed by atoms with Gasteiger partial charge in [-0.3, -0.25) is 9.48 Å². The van der Waals surface area contributed by atoms with E-state index < -0.39 is 0 Å². The van der Waals surface area contributed by atoms with Crippen molar-refractivity contribution in [1.82, 2.24) is 39.7 Å². The fourth-order valence-corrected chi connectivity index (χ4v) is 3.50. The summed E-state index contributed by atoms with van der Waals surface area (Å²) in [5.41, 5.74) is 2.83. The van der Waals surface area contributed by atoms with Crippen molar-refractivity contribution < 1.29 is 9.26 Å². The van der Waals surface area contributed by atoms with Crippen LogP contribution in [0.15, 0.2) is 70.6 Å². The predicted molar refractivity (Wildman–Crippen MR) is 130 cm³/mol. The maximum Gasteiger partial charge on any atom is 0.229 e. The Morgan fingerprint density at radius 3 is 2.67 bits per heavy atom. The fourth-order valence-electron chi connectivity index (χ4n) is 3.50. The first kappa shape index (κ1) is 23.1. The SMILES string of the molecule is CC(C)c1nc(COc2cnc(-c3cccc(Cc4nn(-c5cnn(C)c5)ccc4=O)c3)nc2)no1. The van der Waals surface area contributed by atoms with Crippen molar-refractivity contribution in [1.29, 1.82) is 0 Å². The molecule has 5 aromatic rings. The maximum absolute atomic E-state index is 12.5. The summed E-state index contributed by atoms with van der Waals surface area (Å²) in [5.74, 6) is 2.23. The summed E-state index contributed by atoms with van der Waals surface area (Å²) in [7, 11) is 1.83. The molecule has 0 saturated heterocycles. The van der Waals surface area contributed by atoms with E-state index in [-0.39, 0.29) is 18.0 Å². The molecule has 36 heavy (non-hydrogen) atoms. The molecule has 0 atom stereocenters. The van der Waals surface area contributed by atoms with Crippen LogP contribution in [-0.4, -0.2) is 39.7 Å². The lowest BCUT2D eigenvalue weighted by atomic mass is 10.1. The van der Waals surface area contributed by atoms with Gasteiger partial charge in [0.15, 0.2) is 18.2 Å². The molecule has 4 heterocycles. The number of ether oxygens (including phenoxy) is 1. The molecule has 0 bridgehead atoms. The molecule has 182 valence electrons. The highest BCUT2D eigenvalue weighted by molar-refractivity contribution is 5.56. The maximum atomic E-state index is 12.5. The number of aryl methyl sites for hydroxylation is 1. The summed E-state index contributed by atoms with van der Waals surface area (Å²) in [6.45, 7) is 4.12. The molecule has 4 aromatic heterocycles. The molecule has 0 spiro atoms. The van der Waals surface area contributed by atoms with Gasteiger partial charge in [0, 0.05) is 37.2 Å². The number of hydrogen-bond acceptors (Lipinski definition) is 9. The predicted octanol–water partition coefficient (Wildman–Crippen LogP) is 3.10. The molecule has 0 unspecified atom stereocenters. The smallest absolute Gasteiger partial charge is 0.229 e. The zero-order valence-corrected chi connectivity index (χ0v) is 20.1. The fraction of sp³-hybridized carbons (Fsp3) is 0.240. The van der Waals surface area contributed by atoms with E-state index in [1.54, 1.807) is 34.2 Å². The van der Waals surface area contributed by atoms with Crippen LogP contribution in [0.3, 0.4) is 0 Å². The van der Waals surface area contributed by atoms with Crippen molar-refractivity contribution in [2.24, 2.45) is 7.05 Å². The van der Waals surface area contributed by atoms with Crippen LogP contribution in [0.25, 0.3) is 17.1 Å². The third-order valence-corrected chi connectivity index (χ3v) is 5.37. The Balaban J connectivity index is 1.28. The Hall–Kier alpha value is -4.67. The zero-order valence-electron chi connectivity index (χ0n) is 20.1. The van der Waals surface area contributed by atoms with Crippen molar-refractivity contribution >= 4 is 0 Å². The Morgan fingerprint density at radius 2 is 1.94 bits per heavy atom. The summed E-state index contributed by atoms with van der Waals surface area (Å²) >= 11 is 0. The van der Waals surface area contributed by atoms with E-state index in [9.17, 15) is 4.79 Å². The number of hydrogen-bond donors (Lipinski definition) is 0. The van der Waals surface area contributed by atoms with Crippen LogP contribution in [0, 0.1) is 0 Å². The highest BCUT2D eigenvalue weighted by atomic mass is 16.5. The van der Waals surface area contributed by atoms with Gasteiger partial charge in [0.05, 0.1) is 24.8 Å². The monoisotopic (exact) mass is 484 g/mol. The van der Waals surface area contributed by atoms with Crippen LogP contribution in [0.5, 0.6) is 5.75 Å². The lowest BCUT2D eigenvalue weighted by Gasteiger charge is -2.07. The van der Waals surface area contributed by atoms with Crippen LogP contribution in [0.2, 0.25) is 0 Å². The van der Waals surface area contributed by atoms with Gasteiger partial charge in [-0.1, -0.05) is 37.2 Å². The minimum absolute atomic E-state index is 0.125. The second-order valence-electron chi connectivity index (χ2n) is 8.56. The molecule has 0 aliphatic heterocycles. The van der Waals surface area contributed by atoms with Gasteiger partial charge in [0.1, 0.15) is 11.4 Å². The zero-order chi connectivity index (χ0) is 25.1. The lowest BCUT2D eigenvalue weighted by molar-refractivity contribution is 0.282. The minimum Gasteiger partial charge on any atom is -0.482 e. The minimum atomic E-state index is -0.125. The van der Waals surface area contributed by atoms with E-state index in [1.165, 1.54) is 6.07 Å². The van der Waals surface area contributed by atoms with Crippen LogP contribution < -0.4 is 10.2 Å². The molecular weight excluding hydrogens is 460 g/mol. The highest BCUT2D eigenvalue weighted by Gasteiger charge is 2.11. The van der Waals surface area contributed by atoms with Gasteiger partial charge in [0.2, 0.25) is 17.1 Å². The van der Waals surface area contributed by atoms with Crippen LogP contribution in [0.4, 0.5) is 0 Å². The quantitative estimate of drug-likeness (QED) is 0.326. The summed E-state index contributed by atoms with van der Waals surface area (Å²) in [4.78, 5) is 25.6. The van der Waals surface area contributed by atoms with Crippen molar-refractivity contribution in [2.75, 3.05) is 0 Å². The molecule has 0 N–H and O–H groups in total. The first-order chi connectivity index (χ1) is 17.4. The lowest BCUT2D eigenvalue weighted by Crippen LogP contribution is -2.16. The van der Waals surface area contributed by atoms with Crippen LogP contribution >= 0.6 is 0 Å². The molecule has 5 rings (SSSR count). The molecular formula is C25H24N8O3. The second kappa shape index (κ2) is 9.90. The third-order valence-electron chi connectivity index (χ3n) is 5.37. The van der Waals surface area contributed by atoms with Gasteiger partial charge in [0.25, 0.3) is 0 Å². The summed E-state index contributed by atoms with van der Waals surface area (Å²) < 4.78 is 14.2. The molecule has 0 saturated carbocycles. The van der Waals surface area contributed by atoms with Gasteiger partial charge < -0.3 is 9.26 Å². The molecule has 0 radical (unpaired) electrons. The summed E-state index contributed by atoms with van der Waals surface area (Å²) in [5, 5.41) is 12.6. The van der Waals surface area contributed by atoms with Crippen LogP contribution in [-0.2, 0) is 20.1 Å². The van der Waals surface area contributed by atoms with Gasteiger partial charge >= 0.3 is 0 Å². The number of rotatable bonds is 8. The van der Waals surface area contributed by atoms with Gasteiger partial charge in [-0.25, -0.2) is 14.6 Å². The first-order valence-corrected chi connectivity index (χ1v) is 11.4. The van der Waals surface area contributed by atoms with Crippen molar-refractivity contribution in [2.45, 2.75) is 32.8 Å². The van der Waals surface area contributed by atoms with E-state index in [1.807, 2.05) is 51.4 Å². The van der Waals surface area contributed by atoms with Crippen LogP contribution in [0.1, 0.15) is 42.7 Å². The number of benzene rings is 1. The van der Waals surface area contributed by atoms with Gasteiger partial charge in [-0.05, 0) is 11.6 Å². The van der Waals surface area contributed by atoms with Gasteiger partial charge in [-0.2, -0.15) is 15.2 Å². The number of aromatic nitrogens is 8. The van der Waals surface area contributed by atoms with Crippen molar-refractivity contribution in [3.63, 3.8) is 0 Å². The topological polar surface area (TPSA) is 127 Å². The summed E-state index contributed by atoms with van der Waals surface area (Å²) in [6.07, 6.45) is 8.74. The second-order valence-corrected chi connectivity index (χ2v) is 8.56. The largest absolute Gasteiger partial charge is 0.482 e. The first-order valence-electron chi connectivity index (χ1n) is 11.4. The normalized spacial score (nSPS) is 11.2. The summed E-state index contributed by atoms with van der Waals surface area (Å²) in [6, 6.07) is 9.23. The highest BCUT2D eigenvalue weighted by Crippen LogP contribution is 2.20.